The van der Waals surface area contributed by atoms with Crippen LogP contribution in [0.2, 0.25) is 0 Å². The van der Waals surface area contributed by atoms with Crippen molar-refractivity contribution in [2.24, 2.45) is 0 Å². The van der Waals surface area contributed by atoms with Crippen LogP contribution in [0.15, 0.2) is 0 Å². The Bertz CT molecular complexity index is 341. The van der Waals surface area contributed by atoms with Crippen LogP contribution in [0.1, 0.15) is 32.7 Å². The van der Waals surface area contributed by atoms with Crippen LogP contribution in [0.5, 0.6) is 0 Å². The minimum absolute atomic E-state index is 0.573. The van der Waals surface area contributed by atoms with Gasteiger partial charge in [-0.3, -0.25) is 0 Å². The van der Waals surface area contributed by atoms with Crippen LogP contribution in [0.25, 0.3) is 0 Å². The van der Waals surface area contributed by atoms with E-state index in [4.69, 9.17) is 5.11 Å². The number of aliphatic hydroxyl groups is 1. The molecule has 0 saturated carbocycles. The Morgan fingerprint density at radius 1 is 1.27 bits per heavy atom. The molecular formula is C7H11F3N4O. The van der Waals surface area contributed by atoms with Gasteiger partial charge in [0.05, 0.1) is 5.54 Å². The summed E-state index contributed by atoms with van der Waals surface area (Å²) in [7, 11) is 0. The maximum atomic E-state index is 12.1. The lowest BCUT2D eigenvalue weighted by Gasteiger charge is -2.15. The molecule has 0 unspecified atom stereocenters. The third-order valence-electron chi connectivity index (χ3n) is 1.58. The fourth-order valence-electron chi connectivity index (χ4n) is 0.765. The lowest BCUT2D eigenvalue weighted by molar-refractivity contribution is -0.209. The van der Waals surface area contributed by atoms with Crippen LogP contribution in [0, 0.1) is 0 Å². The molecule has 0 spiro atoms. The Morgan fingerprint density at radius 3 is 2.13 bits per heavy atom. The molecule has 5 nitrogen and oxygen atoms in total. The summed E-state index contributed by atoms with van der Waals surface area (Å²) in [5.74, 6) is -0.738. The van der Waals surface area contributed by atoms with Gasteiger partial charge in [-0.15, -0.1) is 10.2 Å². The molecule has 0 fully saturated rings. The molecule has 0 bridgehead atoms. The van der Waals surface area contributed by atoms with Gasteiger partial charge in [0.15, 0.2) is 0 Å². The molecule has 0 radical (unpaired) electrons. The molecule has 0 aromatic carbocycles. The van der Waals surface area contributed by atoms with E-state index in [9.17, 15) is 13.2 Å². The molecular weight excluding hydrogens is 213 g/mol. The highest BCUT2D eigenvalue weighted by Crippen LogP contribution is 2.30. The number of hydrogen-bond donors (Lipinski definition) is 1. The van der Waals surface area contributed by atoms with Gasteiger partial charge in [-0.05, 0) is 26.0 Å². The second-order valence-corrected chi connectivity index (χ2v) is 4.05. The largest absolute Gasteiger partial charge is 0.421 e. The first-order chi connectivity index (χ1) is 6.62. The standard InChI is InChI=1S/C7H11F3N4O/c1-6(2,3)14-12-5(11-13-14)4(15)7(8,9)10/h4,15H,1-3H3/t4-/m1/s1. The number of rotatable bonds is 1. The van der Waals surface area contributed by atoms with Gasteiger partial charge in [0.1, 0.15) is 0 Å². The number of aromatic nitrogens is 4. The average Bonchev–Trinajstić information content (AvgIpc) is 2.47. The molecule has 0 amide bonds. The van der Waals surface area contributed by atoms with Crippen molar-refractivity contribution in [1.29, 1.82) is 0 Å². The molecule has 1 atom stereocenters. The van der Waals surface area contributed by atoms with Crippen LogP contribution in [-0.4, -0.2) is 31.5 Å². The third-order valence-corrected chi connectivity index (χ3v) is 1.58. The Hall–Kier alpha value is -1.18. The molecule has 8 heteroatoms. The van der Waals surface area contributed by atoms with Crippen LogP contribution in [0.4, 0.5) is 13.2 Å². The highest BCUT2D eigenvalue weighted by atomic mass is 19.4. The summed E-state index contributed by atoms with van der Waals surface area (Å²) in [5, 5.41) is 18.9. The third kappa shape index (κ3) is 2.65. The van der Waals surface area contributed by atoms with E-state index in [2.05, 4.69) is 15.4 Å². The minimum atomic E-state index is -4.77. The van der Waals surface area contributed by atoms with Gasteiger partial charge in [0.2, 0.25) is 11.9 Å². The van der Waals surface area contributed by atoms with E-state index in [0.29, 0.717) is 0 Å². The van der Waals surface area contributed by atoms with Crippen LogP contribution >= 0.6 is 0 Å². The molecule has 1 N–H and O–H groups in total. The Balaban J connectivity index is 2.95. The number of tetrazole rings is 1. The van der Waals surface area contributed by atoms with E-state index in [1.807, 2.05) is 0 Å². The fourth-order valence-corrected chi connectivity index (χ4v) is 0.765. The van der Waals surface area contributed by atoms with E-state index in [1.165, 1.54) is 0 Å². The molecule has 1 heterocycles. The van der Waals surface area contributed by atoms with Gasteiger partial charge < -0.3 is 5.11 Å². The quantitative estimate of drug-likeness (QED) is 0.773. The van der Waals surface area contributed by atoms with Crippen molar-refractivity contribution in [3.63, 3.8) is 0 Å². The van der Waals surface area contributed by atoms with Gasteiger partial charge in [0.25, 0.3) is 0 Å². The lowest BCUT2D eigenvalue weighted by Crippen LogP contribution is -2.26. The molecule has 86 valence electrons. The normalized spacial score (nSPS) is 15.4. The van der Waals surface area contributed by atoms with Gasteiger partial charge in [-0.25, -0.2) is 0 Å². The zero-order chi connectivity index (χ0) is 11.9. The van der Waals surface area contributed by atoms with Crippen molar-refractivity contribution >= 4 is 0 Å². The van der Waals surface area contributed by atoms with Crippen molar-refractivity contribution in [2.75, 3.05) is 0 Å². The average molecular weight is 224 g/mol. The summed E-state index contributed by atoms with van der Waals surface area (Å²) >= 11 is 0. The zero-order valence-corrected chi connectivity index (χ0v) is 8.45. The summed E-state index contributed by atoms with van der Waals surface area (Å²) < 4.78 is 36.2. The topological polar surface area (TPSA) is 63.8 Å². The number of alkyl halides is 3. The predicted molar refractivity (Wildman–Crippen MR) is 43.8 cm³/mol. The SMILES string of the molecule is CC(C)(C)n1nnc([C@@H](O)C(F)(F)F)n1. The van der Waals surface area contributed by atoms with Gasteiger partial charge in [0, 0.05) is 0 Å². The monoisotopic (exact) mass is 224 g/mol. The highest BCUT2D eigenvalue weighted by molar-refractivity contribution is 4.89. The maximum absolute atomic E-state index is 12.1. The first-order valence-electron chi connectivity index (χ1n) is 4.17. The molecule has 0 aliphatic carbocycles. The predicted octanol–water partition coefficient (Wildman–Crippen LogP) is 1.02. The highest BCUT2D eigenvalue weighted by Gasteiger charge is 2.42. The maximum Gasteiger partial charge on any atom is 0.421 e. The minimum Gasteiger partial charge on any atom is -0.377 e. The Labute approximate surface area is 83.9 Å². The summed E-state index contributed by atoms with van der Waals surface area (Å²) in [5.41, 5.74) is -0.573. The van der Waals surface area contributed by atoms with Crippen LogP contribution < -0.4 is 0 Å². The second kappa shape index (κ2) is 3.44. The molecule has 0 aliphatic heterocycles. The Morgan fingerprint density at radius 2 is 1.80 bits per heavy atom. The summed E-state index contributed by atoms with van der Waals surface area (Å²) in [6.07, 6.45) is -7.46. The first kappa shape index (κ1) is 11.9. The van der Waals surface area contributed by atoms with Gasteiger partial charge in [-0.2, -0.15) is 18.0 Å². The van der Waals surface area contributed by atoms with E-state index >= 15 is 0 Å². The van der Waals surface area contributed by atoms with Crippen molar-refractivity contribution in [1.82, 2.24) is 20.2 Å². The van der Waals surface area contributed by atoms with Crippen molar-refractivity contribution in [2.45, 2.75) is 38.6 Å². The van der Waals surface area contributed by atoms with E-state index < -0.39 is 23.6 Å². The lowest BCUT2D eigenvalue weighted by atomic mass is 10.1. The second-order valence-electron chi connectivity index (χ2n) is 4.05. The molecule has 0 saturated heterocycles. The molecule has 1 rings (SSSR count). The molecule has 1 aromatic rings. The van der Waals surface area contributed by atoms with E-state index in [-0.39, 0.29) is 0 Å². The van der Waals surface area contributed by atoms with Crippen LogP contribution in [-0.2, 0) is 5.54 Å². The zero-order valence-electron chi connectivity index (χ0n) is 8.45. The first-order valence-corrected chi connectivity index (χ1v) is 4.17. The summed E-state index contributed by atoms with van der Waals surface area (Å²) in [6.45, 7) is 5.12. The number of aliphatic hydroxyl groups excluding tert-OH is 1. The number of hydrogen-bond acceptors (Lipinski definition) is 4. The summed E-state index contributed by atoms with van der Waals surface area (Å²) in [4.78, 5) is 1.03. The van der Waals surface area contributed by atoms with Crippen molar-refractivity contribution in [3.8, 4) is 0 Å². The number of halogens is 3. The van der Waals surface area contributed by atoms with Gasteiger partial charge >= 0.3 is 6.18 Å². The molecule has 15 heavy (non-hydrogen) atoms. The van der Waals surface area contributed by atoms with Crippen molar-refractivity contribution in [3.05, 3.63) is 5.82 Å². The van der Waals surface area contributed by atoms with Crippen molar-refractivity contribution < 1.29 is 18.3 Å². The molecule has 0 aliphatic rings. The smallest absolute Gasteiger partial charge is 0.377 e. The van der Waals surface area contributed by atoms with Gasteiger partial charge in [-0.1, -0.05) is 0 Å². The number of nitrogens with zero attached hydrogens (tertiary/aromatic N) is 4. The van der Waals surface area contributed by atoms with Crippen LogP contribution in [0.3, 0.4) is 0 Å². The molecule has 1 aromatic heterocycles. The Kier molecular flexibility index (Phi) is 2.73. The van der Waals surface area contributed by atoms with E-state index in [0.717, 1.165) is 4.80 Å². The fraction of sp³-hybridized carbons (Fsp3) is 0.857. The van der Waals surface area contributed by atoms with E-state index in [1.54, 1.807) is 20.8 Å². The summed E-state index contributed by atoms with van der Waals surface area (Å²) in [6, 6.07) is 0.